The van der Waals surface area contributed by atoms with Crippen LogP contribution in [0.1, 0.15) is 27.8 Å². The molecule has 0 amide bonds. The van der Waals surface area contributed by atoms with Crippen LogP contribution >= 0.6 is 0 Å². The molecule has 6 aromatic rings. The minimum Gasteiger partial charge on any atom is -0.497 e. The zero-order valence-corrected chi connectivity index (χ0v) is 39.0. The van der Waals surface area contributed by atoms with Crippen molar-refractivity contribution in [2.24, 2.45) is 0 Å². The number of hydrogen-bond donors (Lipinski definition) is 4. The van der Waals surface area contributed by atoms with Crippen molar-refractivity contribution < 1.29 is 67.8 Å². The summed E-state index contributed by atoms with van der Waals surface area (Å²) in [6.07, 6.45) is -14.8. The van der Waals surface area contributed by atoms with E-state index in [1.54, 1.807) is 31.4 Å². The monoisotopic (exact) mass is 958 g/mol. The van der Waals surface area contributed by atoms with Gasteiger partial charge >= 0.3 is 0 Å². The molecule has 0 spiro atoms. The van der Waals surface area contributed by atoms with Gasteiger partial charge in [0.15, 0.2) is 6.29 Å². The SMILES string of the molecule is COc1ccc(O[C@H]2O[C@H](C(O)CO)[C@@H](OCc3ccccc3)[C@H](O[C@H]3O[C@H](C(O)CO)[C@@H](OCc4ccccc4)[C@H](OCc4ccccc4)[C@@H]3OCc3ccccc3)[C@@H]2OCc2ccccc2)cc1. The van der Waals surface area contributed by atoms with Crippen molar-refractivity contribution >= 4 is 0 Å². The van der Waals surface area contributed by atoms with Crippen LogP contribution in [0.2, 0.25) is 0 Å². The second kappa shape index (κ2) is 26.1. The molecule has 14 nitrogen and oxygen atoms in total. The van der Waals surface area contributed by atoms with E-state index in [1.807, 2.05) is 152 Å². The Kier molecular flexibility index (Phi) is 18.9. The van der Waals surface area contributed by atoms with E-state index >= 15 is 0 Å². The zero-order valence-electron chi connectivity index (χ0n) is 39.0. The molecule has 0 bridgehead atoms. The van der Waals surface area contributed by atoms with Gasteiger partial charge in [-0.15, -0.1) is 0 Å². The van der Waals surface area contributed by atoms with Crippen molar-refractivity contribution in [3.8, 4) is 11.5 Å². The van der Waals surface area contributed by atoms with Gasteiger partial charge in [0, 0.05) is 0 Å². The van der Waals surface area contributed by atoms with Crippen molar-refractivity contribution in [3.63, 3.8) is 0 Å². The highest BCUT2D eigenvalue weighted by Gasteiger charge is 2.57. The maximum Gasteiger partial charge on any atom is 0.229 e. The lowest BCUT2D eigenvalue weighted by Gasteiger charge is -2.51. The van der Waals surface area contributed by atoms with Gasteiger partial charge < -0.3 is 67.8 Å². The standard InChI is InChI=1S/C56H62O14/c1-61-43-27-29-44(30-28-43)67-55-54(66-37-42-25-15-6-16-26-42)52(50(48(68-55)46(60)32-58)63-34-39-19-9-3-10-20-39)70-56-53(65-36-41-23-13-5-14-24-41)51(64-35-40-21-11-4-12-22-40)49(47(69-56)45(59)31-57)62-33-38-17-7-2-8-18-38/h2-30,45-60H,31-37H2,1H3/t45?,46?,47-,48-,49-,50-,51+,52+,53+,54+,55+,56-/m1/s1. The third kappa shape index (κ3) is 13.6. The van der Waals surface area contributed by atoms with Crippen LogP contribution < -0.4 is 9.47 Å². The highest BCUT2D eigenvalue weighted by Crippen LogP contribution is 2.38. The summed E-state index contributed by atoms with van der Waals surface area (Å²) < 4.78 is 66.9. The van der Waals surface area contributed by atoms with Crippen LogP contribution in [0.3, 0.4) is 0 Å². The average molecular weight is 959 g/mol. The molecule has 2 heterocycles. The summed E-state index contributed by atoms with van der Waals surface area (Å²) >= 11 is 0. The first-order valence-corrected chi connectivity index (χ1v) is 23.5. The molecule has 0 aromatic heterocycles. The summed E-state index contributed by atoms with van der Waals surface area (Å²) in [7, 11) is 1.56. The van der Waals surface area contributed by atoms with Crippen molar-refractivity contribution in [3.05, 3.63) is 204 Å². The molecule has 0 aliphatic carbocycles. The quantitative estimate of drug-likeness (QED) is 0.0515. The first-order valence-electron chi connectivity index (χ1n) is 23.5. The molecule has 2 unspecified atom stereocenters. The van der Waals surface area contributed by atoms with Crippen LogP contribution in [0.15, 0.2) is 176 Å². The molecule has 4 N–H and O–H groups in total. The Morgan fingerprint density at radius 1 is 0.386 bits per heavy atom. The molecule has 70 heavy (non-hydrogen) atoms. The Labute approximate surface area is 408 Å². The number of ether oxygens (including phenoxy) is 10. The van der Waals surface area contributed by atoms with Crippen LogP contribution in [0, 0.1) is 0 Å². The fourth-order valence-electron chi connectivity index (χ4n) is 8.56. The Morgan fingerprint density at radius 2 is 0.700 bits per heavy atom. The third-order valence-corrected chi connectivity index (χ3v) is 12.2. The molecule has 12 atom stereocenters. The van der Waals surface area contributed by atoms with E-state index in [9.17, 15) is 20.4 Å². The van der Waals surface area contributed by atoms with E-state index in [1.165, 1.54) is 0 Å². The summed E-state index contributed by atoms with van der Waals surface area (Å²) in [6.45, 7) is -0.958. The molecule has 14 heteroatoms. The van der Waals surface area contributed by atoms with Crippen LogP contribution in [0.4, 0.5) is 0 Å². The third-order valence-electron chi connectivity index (χ3n) is 12.2. The number of benzene rings is 6. The maximum atomic E-state index is 11.7. The Balaban J connectivity index is 1.24. The van der Waals surface area contributed by atoms with Gasteiger partial charge in [-0.1, -0.05) is 152 Å². The maximum absolute atomic E-state index is 11.7. The number of rotatable bonds is 24. The van der Waals surface area contributed by atoms with E-state index in [4.69, 9.17) is 47.4 Å². The summed E-state index contributed by atoms with van der Waals surface area (Å²) in [5.41, 5.74) is 4.22. The number of hydrogen-bond acceptors (Lipinski definition) is 14. The first-order chi connectivity index (χ1) is 34.4. The Morgan fingerprint density at radius 3 is 1.07 bits per heavy atom. The molecule has 2 saturated heterocycles. The average Bonchev–Trinajstić information content (AvgIpc) is 3.42. The highest BCUT2D eigenvalue weighted by atomic mass is 16.8. The fraction of sp³-hybridized carbons (Fsp3) is 0.357. The number of methoxy groups -OCH3 is 1. The number of aliphatic hydroxyl groups excluding tert-OH is 4. The van der Waals surface area contributed by atoms with Crippen molar-refractivity contribution in [2.45, 2.75) is 107 Å². The largest absolute Gasteiger partial charge is 0.497 e. The lowest BCUT2D eigenvalue weighted by atomic mass is 9.92. The van der Waals surface area contributed by atoms with Gasteiger partial charge in [0.2, 0.25) is 6.29 Å². The molecular formula is C56H62O14. The smallest absolute Gasteiger partial charge is 0.229 e. The van der Waals surface area contributed by atoms with E-state index < -0.39 is 86.8 Å². The van der Waals surface area contributed by atoms with Gasteiger partial charge in [0.05, 0.1) is 53.4 Å². The normalized spacial score (nSPS) is 25.4. The van der Waals surface area contributed by atoms with Gasteiger partial charge in [-0.05, 0) is 52.1 Å². The van der Waals surface area contributed by atoms with Crippen molar-refractivity contribution in [1.82, 2.24) is 0 Å². The molecule has 0 radical (unpaired) electrons. The van der Waals surface area contributed by atoms with Crippen LogP contribution in [-0.4, -0.2) is 114 Å². The van der Waals surface area contributed by atoms with Crippen LogP contribution in [-0.2, 0) is 70.9 Å². The molecule has 0 saturated carbocycles. The second-order valence-electron chi connectivity index (χ2n) is 17.1. The van der Waals surface area contributed by atoms with Gasteiger partial charge in [-0.2, -0.15) is 0 Å². The van der Waals surface area contributed by atoms with Gasteiger partial charge in [0.1, 0.15) is 72.5 Å². The highest BCUT2D eigenvalue weighted by molar-refractivity contribution is 5.31. The second-order valence-corrected chi connectivity index (χ2v) is 17.1. The van der Waals surface area contributed by atoms with Crippen LogP contribution in [0.5, 0.6) is 11.5 Å². The van der Waals surface area contributed by atoms with Gasteiger partial charge in [-0.3, -0.25) is 0 Å². The first kappa shape index (κ1) is 50.8. The molecule has 6 aromatic carbocycles. The molecule has 370 valence electrons. The van der Waals surface area contributed by atoms with Crippen LogP contribution in [0.25, 0.3) is 0 Å². The summed E-state index contributed by atoms with van der Waals surface area (Å²) in [6, 6.07) is 54.7. The molecule has 2 aliphatic heterocycles. The molecule has 2 fully saturated rings. The minimum atomic E-state index is -1.50. The van der Waals surface area contributed by atoms with E-state index in [-0.39, 0.29) is 33.0 Å². The lowest BCUT2D eigenvalue weighted by Crippen LogP contribution is -2.68. The molecule has 8 rings (SSSR count). The Bertz CT molecular complexity index is 2370. The van der Waals surface area contributed by atoms with Crippen molar-refractivity contribution in [2.75, 3.05) is 20.3 Å². The number of aliphatic hydroxyl groups is 4. The lowest BCUT2D eigenvalue weighted by molar-refractivity contribution is -0.379. The topological polar surface area (TPSA) is 173 Å². The predicted molar refractivity (Wildman–Crippen MR) is 257 cm³/mol. The Hall–Kier alpha value is -5.56. The van der Waals surface area contributed by atoms with Gasteiger partial charge in [0.25, 0.3) is 0 Å². The molecule has 2 aliphatic rings. The molecular weight excluding hydrogens is 897 g/mol. The van der Waals surface area contributed by atoms with E-state index in [0.29, 0.717) is 11.5 Å². The van der Waals surface area contributed by atoms with E-state index in [0.717, 1.165) is 27.8 Å². The fourth-order valence-corrected chi connectivity index (χ4v) is 8.56. The zero-order chi connectivity index (χ0) is 48.5. The van der Waals surface area contributed by atoms with Gasteiger partial charge in [-0.25, -0.2) is 0 Å². The summed E-state index contributed by atoms with van der Waals surface area (Å²) in [5, 5.41) is 44.6. The van der Waals surface area contributed by atoms with E-state index in [2.05, 4.69) is 0 Å². The summed E-state index contributed by atoms with van der Waals surface area (Å²) in [4.78, 5) is 0. The summed E-state index contributed by atoms with van der Waals surface area (Å²) in [5.74, 6) is 0.985. The minimum absolute atomic E-state index is 0.0440. The predicted octanol–water partition coefficient (Wildman–Crippen LogP) is 6.54. The van der Waals surface area contributed by atoms with Crippen molar-refractivity contribution in [1.29, 1.82) is 0 Å².